The molecule has 0 aliphatic rings. The molecule has 47 heavy (non-hydrogen) atoms. The largest absolute Gasteiger partial charge is 0.465 e. The van der Waals surface area contributed by atoms with Gasteiger partial charge in [-0.25, -0.2) is 0 Å². The Morgan fingerprint density at radius 1 is 0.553 bits per heavy atom. The highest BCUT2D eigenvalue weighted by atomic mass is 16.7. The van der Waals surface area contributed by atoms with E-state index in [0.717, 1.165) is 77.0 Å². The van der Waals surface area contributed by atoms with Crippen molar-refractivity contribution in [3.63, 3.8) is 0 Å². The predicted octanol–water partition coefficient (Wildman–Crippen LogP) is 10.1. The van der Waals surface area contributed by atoms with Crippen LogP contribution in [0.2, 0.25) is 0 Å². The van der Waals surface area contributed by atoms with E-state index in [2.05, 4.69) is 69.4 Å². The summed E-state index contributed by atoms with van der Waals surface area (Å²) in [6.45, 7) is 7.39. The standard InChI is InChI=1S/C40H70O7/c1-4-7-10-13-14-15-16-17-18-19-20-21-22-23-26-29-38(42)46-35-37(34-41)36-47-39(43)30-31-40(44-32-27-24-11-8-5-2)45-33-28-25-12-9-6-3/h11-12,14-15,17-18,24-25,37,40-41H,4-10,13,16,19-23,26-36H2,1-3H3/b15-14-,18-17-,24-11-,25-12-. The average Bonchev–Trinajstić information content (AvgIpc) is 3.08. The number of esters is 2. The van der Waals surface area contributed by atoms with Crippen LogP contribution in [0.25, 0.3) is 0 Å². The molecule has 0 amide bonds. The highest BCUT2D eigenvalue weighted by molar-refractivity contribution is 5.69. The maximum Gasteiger partial charge on any atom is 0.305 e. The summed E-state index contributed by atoms with van der Waals surface area (Å²) in [7, 11) is 0. The number of aliphatic hydroxyl groups excluding tert-OH is 1. The van der Waals surface area contributed by atoms with Crippen LogP contribution >= 0.6 is 0 Å². The van der Waals surface area contributed by atoms with Gasteiger partial charge in [-0.1, -0.05) is 114 Å². The van der Waals surface area contributed by atoms with Gasteiger partial charge in [0, 0.05) is 12.8 Å². The minimum absolute atomic E-state index is 0.00311. The van der Waals surface area contributed by atoms with Gasteiger partial charge >= 0.3 is 11.9 Å². The molecule has 7 heteroatoms. The second kappa shape index (κ2) is 36.6. The Morgan fingerprint density at radius 3 is 1.60 bits per heavy atom. The van der Waals surface area contributed by atoms with Gasteiger partial charge in [-0.2, -0.15) is 0 Å². The van der Waals surface area contributed by atoms with Crippen LogP contribution in [0.1, 0.15) is 149 Å². The number of ether oxygens (including phenoxy) is 4. The summed E-state index contributed by atoms with van der Waals surface area (Å²) in [6, 6.07) is 0. The first-order valence-corrected chi connectivity index (χ1v) is 18.8. The van der Waals surface area contributed by atoms with Gasteiger partial charge in [-0.15, -0.1) is 0 Å². The van der Waals surface area contributed by atoms with Crippen LogP contribution < -0.4 is 0 Å². The number of allylic oxidation sites excluding steroid dienone is 6. The molecule has 0 aliphatic carbocycles. The van der Waals surface area contributed by atoms with Crippen molar-refractivity contribution >= 4 is 11.9 Å². The summed E-state index contributed by atoms with van der Waals surface area (Å²) >= 11 is 0. The van der Waals surface area contributed by atoms with Crippen LogP contribution in [0.4, 0.5) is 0 Å². The average molecular weight is 663 g/mol. The fourth-order valence-electron chi connectivity index (χ4n) is 4.59. The van der Waals surface area contributed by atoms with Gasteiger partial charge < -0.3 is 24.1 Å². The van der Waals surface area contributed by atoms with Crippen LogP contribution in [0, 0.1) is 5.92 Å². The summed E-state index contributed by atoms with van der Waals surface area (Å²) in [5, 5.41) is 9.69. The lowest BCUT2D eigenvalue weighted by molar-refractivity contribution is -0.159. The molecule has 0 aromatic heterocycles. The Hall–Kier alpha value is -2.22. The molecule has 1 unspecified atom stereocenters. The van der Waals surface area contributed by atoms with E-state index in [1.807, 2.05) is 0 Å². The van der Waals surface area contributed by atoms with Crippen molar-refractivity contribution in [2.24, 2.45) is 5.92 Å². The molecule has 0 fully saturated rings. The molecule has 0 radical (unpaired) electrons. The first-order chi connectivity index (χ1) is 23.1. The third-order valence-electron chi connectivity index (χ3n) is 7.55. The summed E-state index contributed by atoms with van der Waals surface area (Å²) in [5.74, 6) is -1.10. The van der Waals surface area contributed by atoms with E-state index < -0.39 is 12.2 Å². The molecule has 1 atom stereocenters. The molecule has 0 rings (SSSR count). The third kappa shape index (κ3) is 33.5. The van der Waals surface area contributed by atoms with Crippen LogP contribution in [0.5, 0.6) is 0 Å². The molecule has 0 bridgehead atoms. The van der Waals surface area contributed by atoms with Gasteiger partial charge in [0.15, 0.2) is 6.29 Å². The SMILES string of the molecule is CCC/C=C\CCOC(CCC(=O)OCC(CO)COC(=O)CCCCCCC/C=C\C/C=C\CCCCC)OCC/C=C\CCC. The van der Waals surface area contributed by atoms with Crippen molar-refractivity contribution in [1.29, 1.82) is 0 Å². The molecular weight excluding hydrogens is 592 g/mol. The van der Waals surface area contributed by atoms with E-state index in [-0.39, 0.29) is 38.2 Å². The maximum absolute atomic E-state index is 12.4. The second-order valence-electron chi connectivity index (χ2n) is 12.2. The van der Waals surface area contributed by atoms with Gasteiger partial charge in [0.1, 0.15) is 0 Å². The molecule has 0 saturated heterocycles. The Labute approximate surface area is 288 Å². The van der Waals surface area contributed by atoms with Crippen LogP contribution in [0.15, 0.2) is 48.6 Å². The van der Waals surface area contributed by atoms with Crippen molar-refractivity contribution < 1.29 is 33.6 Å². The highest BCUT2D eigenvalue weighted by Gasteiger charge is 2.17. The van der Waals surface area contributed by atoms with E-state index in [9.17, 15) is 14.7 Å². The fourth-order valence-corrected chi connectivity index (χ4v) is 4.59. The van der Waals surface area contributed by atoms with Crippen LogP contribution in [-0.2, 0) is 28.5 Å². The lowest BCUT2D eigenvalue weighted by atomic mass is 10.1. The van der Waals surface area contributed by atoms with Crippen molar-refractivity contribution in [2.45, 2.75) is 155 Å². The van der Waals surface area contributed by atoms with E-state index in [1.165, 1.54) is 32.1 Å². The Kier molecular flexibility index (Phi) is 34.9. The normalized spacial score (nSPS) is 12.8. The molecule has 0 heterocycles. The molecule has 0 saturated carbocycles. The zero-order valence-electron chi connectivity index (χ0n) is 30.3. The lowest BCUT2D eigenvalue weighted by Gasteiger charge is -2.18. The molecule has 0 aromatic rings. The monoisotopic (exact) mass is 663 g/mol. The van der Waals surface area contributed by atoms with Crippen molar-refractivity contribution in [3.05, 3.63) is 48.6 Å². The zero-order chi connectivity index (χ0) is 34.5. The summed E-state index contributed by atoms with van der Waals surface area (Å²) < 4.78 is 22.5. The highest BCUT2D eigenvalue weighted by Crippen LogP contribution is 2.11. The van der Waals surface area contributed by atoms with Crippen LogP contribution in [-0.4, -0.2) is 56.4 Å². The lowest BCUT2D eigenvalue weighted by Crippen LogP contribution is -2.25. The Bertz CT molecular complexity index is 795. The first kappa shape index (κ1) is 44.8. The van der Waals surface area contributed by atoms with E-state index in [0.29, 0.717) is 26.1 Å². The molecule has 7 nitrogen and oxygen atoms in total. The third-order valence-corrected chi connectivity index (χ3v) is 7.55. The number of aliphatic hydroxyl groups is 1. The topological polar surface area (TPSA) is 91.3 Å². The second-order valence-corrected chi connectivity index (χ2v) is 12.2. The molecule has 1 N–H and O–H groups in total. The number of hydrogen-bond donors (Lipinski definition) is 1. The quantitative estimate of drug-likeness (QED) is 0.0317. The minimum Gasteiger partial charge on any atom is -0.465 e. The molecule has 272 valence electrons. The Balaban J connectivity index is 4.10. The van der Waals surface area contributed by atoms with E-state index in [4.69, 9.17) is 18.9 Å². The number of unbranched alkanes of at least 4 members (excludes halogenated alkanes) is 10. The van der Waals surface area contributed by atoms with E-state index in [1.54, 1.807) is 0 Å². The van der Waals surface area contributed by atoms with Gasteiger partial charge in [-0.3, -0.25) is 9.59 Å². The predicted molar refractivity (Wildman–Crippen MR) is 194 cm³/mol. The first-order valence-electron chi connectivity index (χ1n) is 18.8. The molecule has 0 spiro atoms. The smallest absolute Gasteiger partial charge is 0.305 e. The van der Waals surface area contributed by atoms with Crippen LogP contribution in [0.3, 0.4) is 0 Å². The van der Waals surface area contributed by atoms with Crippen molar-refractivity contribution in [3.8, 4) is 0 Å². The summed E-state index contributed by atoms with van der Waals surface area (Å²) in [5.41, 5.74) is 0. The minimum atomic E-state index is -0.481. The zero-order valence-corrected chi connectivity index (χ0v) is 30.3. The van der Waals surface area contributed by atoms with Crippen molar-refractivity contribution in [2.75, 3.05) is 33.0 Å². The number of hydrogen-bond acceptors (Lipinski definition) is 7. The van der Waals surface area contributed by atoms with Gasteiger partial charge in [0.25, 0.3) is 0 Å². The van der Waals surface area contributed by atoms with Gasteiger partial charge in [-0.05, 0) is 64.2 Å². The van der Waals surface area contributed by atoms with Gasteiger partial charge in [0.2, 0.25) is 0 Å². The van der Waals surface area contributed by atoms with E-state index >= 15 is 0 Å². The summed E-state index contributed by atoms with van der Waals surface area (Å²) in [6.07, 6.45) is 36.4. The fraction of sp³-hybridized carbons (Fsp3) is 0.750. The maximum atomic E-state index is 12.4. The summed E-state index contributed by atoms with van der Waals surface area (Å²) in [4.78, 5) is 24.6. The van der Waals surface area contributed by atoms with Gasteiger partial charge in [0.05, 0.1) is 45.4 Å². The number of rotatable bonds is 34. The molecule has 0 aliphatic heterocycles. The molecule has 0 aromatic carbocycles. The molecular formula is C40H70O7. The number of carbonyl (C=O) groups is 2. The Morgan fingerprint density at radius 2 is 1.04 bits per heavy atom. The van der Waals surface area contributed by atoms with Crippen molar-refractivity contribution in [1.82, 2.24) is 0 Å². The number of carbonyl (C=O) groups excluding carboxylic acids is 2.